The smallest absolute Gasteiger partial charge is 0.246 e. The van der Waals surface area contributed by atoms with Crippen molar-refractivity contribution in [1.29, 1.82) is 0 Å². The number of halogens is 1. The van der Waals surface area contributed by atoms with Gasteiger partial charge in [0.05, 0.1) is 6.61 Å². The van der Waals surface area contributed by atoms with Crippen molar-refractivity contribution in [3.8, 4) is 5.75 Å². The Labute approximate surface area is 610 Å². The normalized spacial score (nSPS) is 15.6. The van der Waals surface area contributed by atoms with Crippen molar-refractivity contribution in [2.24, 2.45) is 28.1 Å². The number of aromatic nitrogens is 1. The summed E-state index contributed by atoms with van der Waals surface area (Å²) in [5.41, 5.74) is 16.9. The molecule has 0 radical (unpaired) electrons. The molecule has 11 amide bonds. The zero-order valence-corrected chi connectivity index (χ0v) is 60.7. The van der Waals surface area contributed by atoms with Crippen LogP contribution in [0.5, 0.6) is 5.75 Å². The Bertz CT molecular complexity index is 3790. The number of phenols is 1. The fraction of sp³-hybridized carbons (Fsp3) is 0.473. The number of benzene rings is 4. The molecule has 1 fully saturated rings. The average molecular weight is 1460 g/mol. The maximum atomic E-state index is 15.1. The number of amides is 11. The third-order valence-electron chi connectivity index (χ3n) is 17.6. The molecule has 10 atom stereocenters. The monoisotopic (exact) mass is 1460 g/mol. The molecule has 18 N–H and O–H groups in total. The van der Waals surface area contributed by atoms with Crippen LogP contribution in [0.25, 0.3) is 10.8 Å². The van der Waals surface area contributed by atoms with Crippen molar-refractivity contribution in [3.63, 3.8) is 0 Å². The minimum Gasteiger partial charge on any atom is -0.508 e. The molecule has 5 aromatic rings. The van der Waals surface area contributed by atoms with Crippen LogP contribution >= 0.6 is 11.6 Å². The van der Waals surface area contributed by atoms with Crippen molar-refractivity contribution >= 4 is 93.3 Å². The summed E-state index contributed by atoms with van der Waals surface area (Å²) < 4.78 is 0. The summed E-state index contributed by atoms with van der Waals surface area (Å²) in [6.45, 7) is 11.4. The predicted octanol–water partition coefficient (Wildman–Crippen LogP) is 1.39. The van der Waals surface area contributed by atoms with Crippen molar-refractivity contribution < 1.29 is 63.0 Å². The largest absolute Gasteiger partial charge is 0.508 e. The fourth-order valence-corrected chi connectivity index (χ4v) is 12.1. The lowest BCUT2D eigenvalue weighted by Crippen LogP contribution is -2.65. The summed E-state index contributed by atoms with van der Waals surface area (Å²) in [5, 5.41) is 51.2. The number of hydrogen-bond donors (Lipinski definition) is 15. The number of nitrogens with zero attached hydrogens (tertiary/aromatic N) is 3. The van der Waals surface area contributed by atoms with E-state index in [4.69, 9.17) is 28.8 Å². The Balaban J connectivity index is 1.27. The van der Waals surface area contributed by atoms with Crippen LogP contribution in [0.1, 0.15) is 122 Å². The van der Waals surface area contributed by atoms with E-state index in [0.29, 0.717) is 53.1 Å². The molecule has 1 saturated heterocycles. The minimum absolute atomic E-state index is 0.0127. The molecule has 4 aromatic carbocycles. The van der Waals surface area contributed by atoms with Gasteiger partial charge in [0, 0.05) is 69.2 Å². The second-order valence-electron chi connectivity index (χ2n) is 27.2. The SMILES string of the molecule is CC(=O)NC(Cc1ccc2ccccc2c1)C(=O)NC(C)(Cc1ccc(Cl)cc1)C(=O)NC(Cc1cccnc1)C(=O)NC(CO)C(=O)NC(Cc1ccc(O)cc1)C(=O)NC(CCCN=C(N)N)C(=O)NC(CC(C)C)C(=O)NC(CCCCNC(C)C)C(=O)N1CCCC1C(=O)NC(C)C(N)=O. The van der Waals surface area contributed by atoms with Crippen LogP contribution in [-0.4, -0.2) is 183 Å². The first-order chi connectivity index (χ1) is 49.4. The van der Waals surface area contributed by atoms with E-state index in [-0.39, 0.29) is 94.5 Å². The van der Waals surface area contributed by atoms with Gasteiger partial charge in [0.2, 0.25) is 65.0 Å². The molecular weight excluding hydrogens is 1360 g/mol. The third-order valence-corrected chi connectivity index (χ3v) is 17.8. The number of nitrogens with two attached hydrogens (primary N) is 3. The Morgan fingerprint density at radius 3 is 1.82 bits per heavy atom. The molecule has 0 bridgehead atoms. The number of guanidine groups is 1. The van der Waals surface area contributed by atoms with Gasteiger partial charge in [0.25, 0.3) is 0 Å². The quantitative estimate of drug-likeness (QED) is 0.0150. The summed E-state index contributed by atoms with van der Waals surface area (Å²) >= 11 is 6.27. The number of hydrogen-bond acceptors (Lipinski definition) is 16. The first kappa shape index (κ1) is 82.7. The van der Waals surface area contributed by atoms with Crippen molar-refractivity contribution in [2.45, 2.75) is 191 Å². The second kappa shape index (κ2) is 40.5. The predicted molar refractivity (Wildman–Crippen MR) is 393 cm³/mol. The molecule has 104 heavy (non-hydrogen) atoms. The fourth-order valence-electron chi connectivity index (χ4n) is 12.0. The Kier molecular flexibility index (Phi) is 32.2. The lowest BCUT2D eigenvalue weighted by Gasteiger charge is -2.33. The molecule has 0 saturated carbocycles. The molecule has 30 heteroatoms. The van der Waals surface area contributed by atoms with Crippen LogP contribution in [0.4, 0.5) is 0 Å². The number of likely N-dealkylation sites (tertiary alicyclic amines) is 1. The number of nitrogens with one attached hydrogen (secondary N) is 10. The van der Waals surface area contributed by atoms with E-state index in [1.807, 2.05) is 70.2 Å². The molecule has 6 rings (SSSR count). The minimum atomic E-state index is -1.88. The van der Waals surface area contributed by atoms with E-state index in [1.54, 1.807) is 36.4 Å². The molecular formula is C74H101ClN16O13. The van der Waals surface area contributed by atoms with Gasteiger partial charge in [0.1, 0.15) is 65.7 Å². The third kappa shape index (κ3) is 26.5. The van der Waals surface area contributed by atoms with E-state index in [0.717, 1.165) is 10.8 Å². The summed E-state index contributed by atoms with van der Waals surface area (Å²) in [5.74, 6) is -9.32. The van der Waals surface area contributed by atoms with Gasteiger partial charge in [-0.05, 0) is 141 Å². The highest BCUT2D eigenvalue weighted by Gasteiger charge is 2.42. The summed E-state index contributed by atoms with van der Waals surface area (Å²) in [6.07, 6.45) is 4.21. The average Bonchev–Trinajstić information content (AvgIpc) is 1.54. The van der Waals surface area contributed by atoms with Gasteiger partial charge in [-0.1, -0.05) is 112 Å². The van der Waals surface area contributed by atoms with Crippen molar-refractivity contribution in [2.75, 3.05) is 26.2 Å². The van der Waals surface area contributed by atoms with Gasteiger partial charge in [0.15, 0.2) is 5.96 Å². The van der Waals surface area contributed by atoms with E-state index in [9.17, 15) is 58.2 Å². The lowest BCUT2D eigenvalue weighted by molar-refractivity contribution is -0.142. The van der Waals surface area contributed by atoms with Gasteiger partial charge in [-0.15, -0.1) is 0 Å². The maximum absolute atomic E-state index is 15.1. The number of aliphatic imine (C=N–C) groups is 1. The summed E-state index contributed by atoms with van der Waals surface area (Å²) in [4.78, 5) is 166. The lowest BCUT2D eigenvalue weighted by atomic mass is 9.90. The number of aliphatic hydroxyl groups excluding tert-OH is 1. The Hall–Kier alpha value is -10.3. The van der Waals surface area contributed by atoms with Crippen LogP contribution in [0.3, 0.4) is 0 Å². The molecule has 1 aliphatic rings. The molecule has 0 spiro atoms. The molecule has 0 aliphatic carbocycles. The van der Waals surface area contributed by atoms with Crippen LogP contribution < -0.4 is 70.4 Å². The standard InChI is InChI=1S/C74H101ClN16O13/c1-43(2)35-57(65(97)85-56(18-10-11-32-80-44(3)4)71(103)91-34-14-20-62(91)70(102)82-45(5)63(76)95)86-64(96)55(19-13-33-81-73(77)78)84-66(98)58(37-47-24-29-54(94)30-25-47)87-68(100)61(42-92)88-67(99)59(39-50-15-12-31-79-41-50)89-72(104)74(7,40-48-22-27-53(75)28-23-48)90-69(101)60(83-46(6)93)38-49-21-26-51-16-8-9-17-52(51)36-49/h8-9,12,15-17,21-31,36,41,43-45,55-62,80,92,94H,10-11,13-14,18-20,32-35,37-40,42H2,1-7H3,(H2,76,95)(H,82,102)(H,83,93)(H,84,98)(H,85,97)(H,86,96)(H,87,100)(H,88,99)(H,89,104)(H,90,101)(H4,77,78,81). The first-order valence-corrected chi connectivity index (χ1v) is 35.4. The number of rotatable bonds is 40. The number of carbonyl (C=O) groups is 11. The molecule has 562 valence electrons. The molecule has 2 heterocycles. The van der Waals surface area contributed by atoms with E-state index in [2.05, 4.69) is 63.1 Å². The van der Waals surface area contributed by atoms with Gasteiger partial charge >= 0.3 is 0 Å². The zero-order chi connectivity index (χ0) is 76.2. The van der Waals surface area contributed by atoms with Gasteiger partial charge in [-0.25, -0.2) is 0 Å². The van der Waals surface area contributed by atoms with Gasteiger partial charge < -0.3 is 85.5 Å². The van der Waals surface area contributed by atoms with Crippen LogP contribution in [0.2, 0.25) is 5.02 Å². The van der Waals surface area contributed by atoms with Crippen LogP contribution in [0.15, 0.2) is 121 Å². The second-order valence-corrected chi connectivity index (χ2v) is 27.7. The number of aromatic hydroxyl groups is 1. The molecule has 1 aromatic heterocycles. The van der Waals surface area contributed by atoms with Gasteiger partial charge in [-0.2, -0.15) is 0 Å². The van der Waals surface area contributed by atoms with Crippen molar-refractivity contribution in [3.05, 3.63) is 143 Å². The number of unbranched alkanes of at least 4 members (excludes halogenated alkanes) is 1. The first-order valence-electron chi connectivity index (χ1n) is 35.0. The molecule has 29 nitrogen and oxygen atoms in total. The van der Waals surface area contributed by atoms with E-state index in [1.165, 1.54) is 62.3 Å². The Morgan fingerprint density at radius 2 is 1.18 bits per heavy atom. The summed E-state index contributed by atoms with van der Waals surface area (Å²) in [6, 6.07) is 16.7. The topological polar surface area (TPSA) is 455 Å². The highest BCUT2D eigenvalue weighted by Crippen LogP contribution is 2.24. The van der Waals surface area contributed by atoms with Crippen LogP contribution in [0, 0.1) is 5.92 Å². The highest BCUT2D eigenvalue weighted by atomic mass is 35.5. The zero-order valence-electron chi connectivity index (χ0n) is 60.0. The number of primary amides is 1. The van der Waals surface area contributed by atoms with Crippen molar-refractivity contribution in [1.82, 2.24) is 63.1 Å². The maximum Gasteiger partial charge on any atom is 0.246 e. The highest BCUT2D eigenvalue weighted by molar-refractivity contribution is 6.30. The van der Waals surface area contributed by atoms with Crippen LogP contribution in [-0.2, 0) is 78.4 Å². The number of pyridine rings is 1. The van der Waals surface area contributed by atoms with Gasteiger partial charge in [-0.3, -0.25) is 62.7 Å². The van der Waals surface area contributed by atoms with E-state index < -0.39 is 132 Å². The number of carbonyl (C=O) groups excluding carboxylic acids is 11. The molecule has 1 aliphatic heterocycles. The number of aliphatic hydroxyl groups is 1. The van der Waals surface area contributed by atoms with E-state index >= 15 is 4.79 Å². The molecule has 10 unspecified atom stereocenters. The number of fused-ring (bicyclic) bond motifs is 1. The Morgan fingerprint density at radius 1 is 0.615 bits per heavy atom. The summed E-state index contributed by atoms with van der Waals surface area (Å²) in [7, 11) is 0. The number of phenolic OH excluding ortho intramolecular Hbond substituents is 1.